The van der Waals surface area contributed by atoms with E-state index in [2.05, 4.69) is 5.10 Å². The molecule has 0 radical (unpaired) electrons. The summed E-state index contributed by atoms with van der Waals surface area (Å²) in [7, 11) is -3.35. The third-order valence-electron chi connectivity index (χ3n) is 6.80. The molecule has 1 aromatic carbocycles. The van der Waals surface area contributed by atoms with Gasteiger partial charge in [0.25, 0.3) is 0 Å². The first-order valence-corrected chi connectivity index (χ1v) is 13.9. The van der Waals surface area contributed by atoms with Crippen molar-refractivity contribution < 1.29 is 18.3 Å². The van der Waals surface area contributed by atoms with Gasteiger partial charge in [-0.1, -0.05) is 17.7 Å². The molecule has 2 aromatic rings. The number of benzene rings is 1. The third-order valence-corrected chi connectivity index (χ3v) is 9.31. The fourth-order valence-electron chi connectivity index (χ4n) is 4.54. The van der Waals surface area contributed by atoms with E-state index in [-0.39, 0.29) is 11.9 Å². The van der Waals surface area contributed by atoms with E-state index in [1.807, 2.05) is 11.8 Å². The Labute approximate surface area is 211 Å². The van der Waals surface area contributed by atoms with Gasteiger partial charge in [0.15, 0.2) is 0 Å². The first kappa shape index (κ1) is 25.9. The van der Waals surface area contributed by atoms with Gasteiger partial charge in [-0.2, -0.15) is 14.1 Å². The molecule has 1 saturated carbocycles. The van der Waals surface area contributed by atoms with Gasteiger partial charge in [-0.3, -0.25) is 4.79 Å². The normalized spacial score (nSPS) is 24.1. The van der Waals surface area contributed by atoms with E-state index >= 15 is 0 Å². The minimum Gasteiger partial charge on any atom is -0.483 e. The number of halogens is 1. The van der Waals surface area contributed by atoms with Gasteiger partial charge in [-0.15, -0.1) is 0 Å². The van der Waals surface area contributed by atoms with Crippen molar-refractivity contribution in [1.29, 1.82) is 0 Å². The summed E-state index contributed by atoms with van der Waals surface area (Å²) in [5.41, 5.74) is -0.0509. The quantitative estimate of drug-likeness (QED) is 0.619. The fraction of sp³-hybridized carbons (Fsp3) is 0.583. The molecule has 0 unspecified atom stereocenters. The lowest BCUT2D eigenvalue weighted by molar-refractivity contribution is -0.0111. The molecule has 0 bridgehead atoms. The van der Waals surface area contributed by atoms with Crippen LogP contribution in [-0.4, -0.2) is 70.7 Å². The summed E-state index contributed by atoms with van der Waals surface area (Å²) in [5.74, 6) is 0.187. The van der Waals surface area contributed by atoms with Gasteiger partial charge < -0.3 is 14.7 Å². The lowest BCUT2D eigenvalue weighted by Crippen LogP contribution is -2.51. The van der Waals surface area contributed by atoms with Crippen molar-refractivity contribution in [3.05, 3.63) is 45.8 Å². The maximum absolute atomic E-state index is 13.6. The molecule has 1 aliphatic heterocycles. The zero-order valence-electron chi connectivity index (χ0n) is 20.4. The van der Waals surface area contributed by atoms with Crippen LogP contribution in [0.25, 0.3) is 5.69 Å². The number of anilines is 1. The highest BCUT2D eigenvalue weighted by Crippen LogP contribution is 2.33. The molecule has 1 aromatic heterocycles. The lowest BCUT2D eigenvalue weighted by Gasteiger charge is -2.37. The van der Waals surface area contributed by atoms with Gasteiger partial charge in [0, 0.05) is 31.2 Å². The van der Waals surface area contributed by atoms with E-state index in [1.165, 1.54) is 8.99 Å². The maximum Gasteiger partial charge on any atom is 0.316 e. The van der Waals surface area contributed by atoms with Crippen molar-refractivity contribution in [3.63, 3.8) is 0 Å². The van der Waals surface area contributed by atoms with Gasteiger partial charge >= 0.3 is 5.56 Å². The molecule has 192 valence electrons. The Morgan fingerprint density at radius 3 is 2.43 bits per heavy atom. The Balaban J connectivity index is 1.65. The third kappa shape index (κ3) is 5.66. The molecule has 4 rings (SSSR count). The van der Waals surface area contributed by atoms with Gasteiger partial charge in [-0.05, 0) is 64.7 Å². The number of piperazine rings is 1. The highest BCUT2D eigenvalue weighted by Gasteiger charge is 2.33. The van der Waals surface area contributed by atoms with Crippen LogP contribution in [0.3, 0.4) is 0 Å². The first-order valence-electron chi connectivity index (χ1n) is 12.0. The predicted molar refractivity (Wildman–Crippen MR) is 136 cm³/mol. The molecular formula is C24H33ClN4O5S. The van der Waals surface area contributed by atoms with Gasteiger partial charge in [0.1, 0.15) is 5.69 Å². The average molecular weight is 525 g/mol. The summed E-state index contributed by atoms with van der Waals surface area (Å²) < 4.78 is 34.2. The first-order chi connectivity index (χ1) is 16.5. The summed E-state index contributed by atoms with van der Waals surface area (Å²) >= 11 is 6.13. The number of aromatic nitrogens is 2. The second-order valence-corrected chi connectivity index (χ2v) is 12.8. The van der Waals surface area contributed by atoms with E-state index in [4.69, 9.17) is 16.3 Å². The van der Waals surface area contributed by atoms with Crippen LogP contribution in [0.5, 0.6) is 5.75 Å². The maximum atomic E-state index is 13.6. The van der Waals surface area contributed by atoms with E-state index in [0.717, 1.165) is 0 Å². The number of hydrogen-bond donors (Lipinski definition) is 1. The number of ether oxygens (including phenoxy) is 1. The summed E-state index contributed by atoms with van der Waals surface area (Å²) in [6, 6.07) is 6.88. The molecule has 0 spiro atoms. The van der Waals surface area contributed by atoms with Crippen LogP contribution in [-0.2, 0) is 10.0 Å². The monoisotopic (exact) mass is 524 g/mol. The van der Waals surface area contributed by atoms with Crippen molar-refractivity contribution >= 4 is 27.3 Å². The van der Waals surface area contributed by atoms with Crippen LogP contribution in [0.2, 0.25) is 5.02 Å². The molecule has 1 saturated heterocycles. The zero-order valence-corrected chi connectivity index (χ0v) is 21.9. The number of nitrogens with zero attached hydrogens (tertiary/aromatic N) is 4. The molecule has 1 N–H and O–H groups in total. The van der Waals surface area contributed by atoms with Crippen LogP contribution in [0.4, 0.5) is 5.69 Å². The number of hydrogen-bond acceptors (Lipinski definition) is 7. The van der Waals surface area contributed by atoms with E-state index in [9.17, 15) is 18.3 Å². The molecule has 0 atom stereocenters. The summed E-state index contributed by atoms with van der Waals surface area (Å²) in [5, 5.41) is 14.7. The molecule has 35 heavy (non-hydrogen) atoms. The Bertz CT molecular complexity index is 1210. The van der Waals surface area contributed by atoms with E-state index in [0.29, 0.717) is 68.3 Å². The van der Waals surface area contributed by atoms with Gasteiger partial charge in [0.05, 0.1) is 28.8 Å². The summed E-state index contributed by atoms with van der Waals surface area (Å²) in [4.78, 5) is 15.6. The second kappa shape index (κ2) is 10.1. The van der Waals surface area contributed by atoms with Crippen molar-refractivity contribution in [1.82, 2.24) is 14.1 Å². The number of sulfonamides is 1. The Morgan fingerprint density at radius 2 is 1.83 bits per heavy atom. The molecule has 2 fully saturated rings. The Kier molecular flexibility index (Phi) is 7.47. The SMILES string of the molecule is CC(C)S(=O)(=O)N1CCN(c2cnn(-c3cccc(Cl)c3)c(=O)c2OC2CCC(C)(O)CC2)CC1. The standard InChI is InChI=1S/C24H33ClN4O5S/c1-17(2)35(32,33)28-13-11-27(12-14-28)21-16-26-29(19-6-4-5-18(25)15-19)23(30)22(21)34-20-7-9-24(3,31)10-8-20/h4-6,15-17,20,31H,7-14H2,1-3H3. The molecule has 1 aliphatic carbocycles. The second-order valence-electron chi connectivity index (χ2n) is 9.85. The predicted octanol–water partition coefficient (Wildman–Crippen LogP) is 2.82. The smallest absolute Gasteiger partial charge is 0.316 e. The topological polar surface area (TPSA) is 105 Å². The van der Waals surface area contributed by atoms with Crippen molar-refractivity contribution in [2.75, 3.05) is 31.1 Å². The molecule has 0 amide bonds. The number of rotatable bonds is 6. The minimum absolute atomic E-state index is 0.187. The molecule has 11 heteroatoms. The summed E-state index contributed by atoms with van der Waals surface area (Å²) in [6.07, 6.45) is 3.83. The number of aliphatic hydroxyl groups is 1. The molecular weight excluding hydrogens is 492 g/mol. The Morgan fingerprint density at radius 1 is 1.17 bits per heavy atom. The van der Waals surface area contributed by atoms with Crippen LogP contribution in [0, 0.1) is 0 Å². The van der Waals surface area contributed by atoms with Crippen LogP contribution >= 0.6 is 11.6 Å². The fourth-order valence-corrected chi connectivity index (χ4v) is 5.99. The van der Waals surface area contributed by atoms with Crippen LogP contribution in [0.1, 0.15) is 46.5 Å². The molecule has 2 heterocycles. The van der Waals surface area contributed by atoms with Gasteiger partial charge in [-0.25, -0.2) is 8.42 Å². The summed E-state index contributed by atoms with van der Waals surface area (Å²) in [6.45, 7) is 6.66. The van der Waals surface area contributed by atoms with E-state index in [1.54, 1.807) is 44.3 Å². The van der Waals surface area contributed by atoms with Crippen molar-refractivity contribution in [3.8, 4) is 11.4 Å². The van der Waals surface area contributed by atoms with Crippen LogP contribution < -0.4 is 15.2 Å². The van der Waals surface area contributed by atoms with E-state index < -0.39 is 26.4 Å². The lowest BCUT2D eigenvalue weighted by atomic mass is 9.85. The van der Waals surface area contributed by atoms with Gasteiger partial charge in [0.2, 0.25) is 15.8 Å². The average Bonchev–Trinajstić information content (AvgIpc) is 2.81. The highest BCUT2D eigenvalue weighted by molar-refractivity contribution is 7.89. The Hall–Kier alpha value is -2.14. The molecule has 2 aliphatic rings. The largest absolute Gasteiger partial charge is 0.483 e. The van der Waals surface area contributed by atoms with Crippen molar-refractivity contribution in [2.24, 2.45) is 0 Å². The zero-order chi connectivity index (χ0) is 25.4. The highest BCUT2D eigenvalue weighted by atomic mass is 35.5. The van der Waals surface area contributed by atoms with Crippen molar-refractivity contribution in [2.45, 2.75) is 63.4 Å². The molecule has 9 nitrogen and oxygen atoms in total. The minimum atomic E-state index is -3.35. The van der Waals surface area contributed by atoms with Crippen LogP contribution in [0.15, 0.2) is 35.3 Å².